The molecule has 0 saturated carbocycles. The maximum Gasteiger partial charge on any atom is 0.451 e. The standard InChI is InChI=1S/C18H14F3N3O3/c1-9-6-14(15(27-9)18(19,20)21)24-16(25)13(23-17(24)26)7-10-8-22-12-5-3-2-4-11(10)12/h2-6,8,13,22H,7H2,1H3,(H,23,26). The molecule has 1 fully saturated rings. The Morgan fingerprint density at radius 2 is 1.96 bits per heavy atom. The molecule has 0 radical (unpaired) electrons. The second kappa shape index (κ2) is 5.90. The van der Waals surface area contributed by atoms with Gasteiger partial charge in [0.25, 0.3) is 5.91 Å². The van der Waals surface area contributed by atoms with Crippen molar-refractivity contribution in [2.24, 2.45) is 0 Å². The lowest BCUT2D eigenvalue weighted by molar-refractivity contribution is -0.152. The Bertz CT molecular complexity index is 1050. The van der Waals surface area contributed by atoms with Crippen molar-refractivity contribution >= 4 is 28.5 Å². The first-order chi connectivity index (χ1) is 12.8. The van der Waals surface area contributed by atoms with E-state index in [1.807, 2.05) is 24.3 Å². The Kier molecular flexibility index (Phi) is 3.76. The highest BCUT2D eigenvalue weighted by atomic mass is 19.4. The zero-order chi connectivity index (χ0) is 19.3. The van der Waals surface area contributed by atoms with Crippen LogP contribution in [0.2, 0.25) is 0 Å². The number of aromatic nitrogens is 1. The molecule has 1 aliphatic heterocycles. The quantitative estimate of drug-likeness (QED) is 0.683. The number of aryl methyl sites for hydroxylation is 1. The highest BCUT2D eigenvalue weighted by molar-refractivity contribution is 6.21. The summed E-state index contributed by atoms with van der Waals surface area (Å²) < 4.78 is 44.2. The number of nitrogens with one attached hydrogen (secondary N) is 2. The number of anilines is 1. The van der Waals surface area contributed by atoms with Crippen LogP contribution in [0, 0.1) is 6.92 Å². The Hall–Kier alpha value is -3.23. The molecule has 4 rings (SSSR count). The van der Waals surface area contributed by atoms with E-state index in [0.717, 1.165) is 22.5 Å². The van der Waals surface area contributed by atoms with Gasteiger partial charge in [-0.3, -0.25) is 4.79 Å². The van der Waals surface area contributed by atoms with E-state index in [2.05, 4.69) is 14.7 Å². The van der Waals surface area contributed by atoms with Gasteiger partial charge in [-0.05, 0) is 18.6 Å². The number of rotatable bonds is 3. The molecule has 1 saturated heterocycles. The van der Waals surface area contributed by atoms with E-state index in [1.165, 1.54) is 6.92 Å². The minimum absolute atomic E-state index is 0.0435. The SMILES string of the molecule is Cc1cc(N2C(=O)NC(Cc3c[nH]c4ccccc34)C2=O)c(C(F)(F)F)o1. The van der Waals surface area contributed by atoms with Gasteiger partial charge in [0, 0.05) is 29.6 Å². The lowest BCUT2D eigenvalue weighted by Crippen LogP contribution is -2.33. The lowest BCUT2D eigenvalue weighted by atomic mass is 10.0. The van der Waals surface area contributed by atoms with Gasteiger partial charge in [0.05, 0.1) is 0 Å². The summed E-state index contributed by atoms with van der Waals surface area (Å²) in [5.41, 5.74) is 1.06. The van der Waals surface area contributed by atoms with Crippen molar-refractivity contribution < 1.29 is 27.2 Å². The number of aromatic amines is 1. The largest absolute Gasteiger partial charge is 0.455 e. The number of furan rings is 1. The van der Waals surface area contributed by atoms with Gasteiger partial charge in [0.1, 0.15) is 17.5 Å². The van der Waals surface area contributed by atoms with Crippen LogP contribution in [0.5, 0.6) is 0 Å². The fourth-order valence-corrected chi connectivity index (χ4v) is 3.29. The zero-order valence-electron chi connectivity index (χ0n) is 14.1. The van der Waals surface area contributed by atoms with Crippen LogP contribution in [0.15, 0.2) is 40.9 Å². The number of urea groups is 1. The van der Waals surface area contributed by atoms with Gasteiger partial charge in [-0.25, -0.2) is 9.69 Å². The average Bonchev–Trinajstić information content (AvgIpc) is 3.25. The smallest absolute Gasteiger partial charge is 0.451 e. The number of alkyl halides is 3. The number of imide groups is 1. The molecule has 1 aliphatic rings. The number of benzene rings is 1. The molecule has 0 aliphatic carbocycles. The summed E-state index contributed by atoms with van der Waals surface area (Å²) in [6.07, 6.45) is -2.95. The van der Waals surface area contributed by atoms with Crippen LogP contribution in [0.1, 0.15) is 17.1 Å². The van der Waals surface area contributed by atoms with E-state index in [4.69, 9.17) is 0 Å². The molecule has 1 atom stereocenters. The summed E-state index contributed by atoms with van der Waals surface area (Å²) in [7, 11) is 0. The molecule has 9 heteroatoms. The Labute approximate surface area is 150 Å². The second-order valence-electron chi connectivity index (χ2n) is 6.31. The van der Waals surface area contributed by atoms with Crippen LogP contribution in [0.3, 0.4) is 0 Å². The maximum atomic E-state index is 13.2. The minimum atomic E-state index is -4.82. The molecule has 0 spiro atoms. The van der Waals surface area contributed by atoms with E-state index in [-0.39, 0.29) is 12.2 Å². The molecular weight excluding hydrogens is 363 g/mol. The molecule has 2 aromatic heterocycles. The van der Waals surface area contributed by atoms with Crippen molar-refractivity contribution in [2.45, 2.75) is 25.6 Å². The summed E-state index contributed by atoms with van der Waals surface area (Å²) in [6.45, 7) is 1.32. The van der Waals surface area contributed by atoms with Crippen LogP contribution in [0.25, 0.3) is 10.9 Å². The van der Waals surface area contributed by atoms with Gasteiger partial charge in [-0.15, -0.1) is 0 Å². The van der Waals surface area contributed by atoms with Gasteiger partial charge in [-0.2, -0.15) is 13.2 Å². The number of nitrogens with zero attached hydrogens (tertiary/aromatic N) is 1. The molecule has 6 nitrogen and oxygen atoms in total. The number of fused-ring (bicyclic) bond motifs is 1. The summed E-state index contributed by atoms with van der Waals surface area (Å²) >= 11 is 0. The number of para-hydroxylation sites is 1. The Morgan fingerprint density at radius 3 is 2.70 bits per heavy atom. The average molecular weight is 377 g/mol. The Balaban J connectivity index is 1.65. The normalized spacial score (nSPS) is 17.8. The molecule has 3 amide bonds. The molecule has 27 heavy (non-hydrogen) atoms. The molecule has 3 aromatic rings. The van der Waals surface area contributed by atoms with Crippen LogP contribution >= 0.6 is 0 Å². The highest BCUT2D eigenvalue weighted by Gasteiger charge is 2.46. The van der Waals surface area contributed by atoms with Gasteiger partial charge in [-0.1, -0.05) is 18.2 Å². The molecule has 1 unspecified atom stereocenters. The summed E-state index contributed by atoms with van der Waals surface area (Å²) in [6, 6.07) is 6.58. The van der Waals surface area contributed by atoms with E-state index in [1.54, 1.807) is 6.20 Å². The van der Waals surface area contributed by atoms with Crippen LogP contribution in [0.4, 0.5) is 23.7 Å². The van der Waals surface area contributed by atoms with Crippen molar-refractivity contribution in [3.8, 4) is 0 Å². The summed E-state index contributed by atoms with van der Waals surface area (Å²) in [5, 5.41) is 3.34. The maximum absolute atomic E-state index is 13.2. The van der Waals surface area contributed by atoms with Crippen molar-refractivity contribution in [1.82, 2.24) is 10.3 Å². The third kappa shape index (κ3) is 2.84. The monoisotopic (exact) mass is 377 g/mol. The fourth-order valence-electron chi connectivity index (χ4n) is 3.29. The van der Waals surface area contributed by atoms with Gasteiger partial charge in [0.2, 0.25) is 5.76 Å². The van der Waals surface area contributed by atoms with Gasteiger partial charge >= 0.3 is 12.2 Å². The van der Waals surface area contributed by atoms with Crippen molar-refractivity contribution in [3.05, 3.63) is 53.6 Å². The molecule has 0 bridgehead atoms. The third-order valence-electron chi connectivity index (χ3n) is 4.45. The summed E-state index contributed by atoms with van der Waals surface area (Å²) in [5.74, 6) is -2.16. The first-order valence-electron chi connectivity index (χ1n) is 8.13. The Morgan fingerprint density at radius 1 is 1.22 bits per heavy atom. The number of amides is 3. The number of halogens is 3. The van der Waals surface area contributed by atoms with Crippen LogP contribution in [-0.4, -0.2) is 23.0 Å². The summed E-state index contributed by atoms with van der Waals surface area (Å²) in [4.78, 5) is 28.5. The second-order valence-corrected chi connectivity index (χ2v) is 6.31. The minimum Gasteiger partial charge on any atom is -0.455 e. The molecule has 140 valence electrons. The van der Waals surface area contributed by atoms with Crippen molar-refractivity contribution in [1.29, 1.82) is 0 Å². The number of hydrogen-bond acceptors (Lipinski definition) is 3. The third-order valence-corrected chi connectivity index (χ3v) is 4.45. The molecular formula is C18H14F3N3O3. The zero-order valence-corrected chi connectivity index (χ0v) is 14.1. The van der Waals surface area contributed by atoms with E-state index in [9.17, 15) is 22.8 Å². The number of carbonyl (C=O) groups is 2. The highest BCUT2D eigenvalue weighted by Crippen LogP contribution is 2.40. The molecule has 3 heterocycles. The van der Waals surface area contributed by atoms with E-state index < -0.39 is 35.6 Å². The van der Waals surface area contributed by atoms with Gasteiger partial charge in [0.15, 0.2) is 0 Å². The van der Waals surface area contributed by atoms with Crippen molar-refractivity contribution in [2.75, 3.05) is 4.90 Å². The predicted molar refractivity (Wildman–Crippen MR) is 90.3 cm³/mol. The molecule has 2 N–H and O–H groups in total. The first-order valence-corrected chi connectivity index (χ1v) is 8.13. The lowest BCUT2D eigenvalue weighted by Gasteiger charge is -2.14. The fraction of sp³-hybridized carbons (Fsp3) is 0.222. The van der Waals surface area contributed by atoms with Crippen LogP contribution in [-0.2, 0) is 17.4 Å². The predicted octanol–water partition coefficient (Wildman–Crippen LogP) is 3.76. The van der Waals surface area contributed by atoms with Crippen LogP contribution < -0.4 is 10.2 Å². The number of carbonyl (C=O) groups excluding carboxylic acids is 2. The van der Waals surface area contributed by atoms with E-state index in [0.29, 0.717) is 4.90 Å². The van der Waals surface area contributed by atoms with Gasteiger partial charge < -0.3 is 14.7 Å². The number of H-pyrrole nitrogens is 1. The topological polar surface area (TPSA) is 78.3 Å². The first kappa shape index (κ1) is 17.2. The van der Waals surface area contributed by atoms with E-state index >= 15 is 0 Å². The number of hydrogen-bond donors (Lipinski definition) is 2. The van der Waals surface area contributed by atoms with Crippen molar-refractivity contribution in [3.63, 3.8) is 0 Å². The molecule has 1 aromatic carbocycles.